The van der Waals surface area contributed by atoms with Gasteiger partial charge in [-0.1, -0.05) is 0 Å². The van der Waals surface area contributed by atoms with Crippen molar-refractivity contribution in [1.29, 1.82) is 0 Å². The Morgan fingerprint density at radius 2 is 1.56 bits per heavy atom. The molecule has 0 saturated carbocycles. The highest BCUT2D eigenvalue weighted by atomic mass is 31.3. The van der Waals surface area contributed by atoms with Gasteiger partial charge in [0.2, 0.25) is 0 Å². The van der Waals surface area contributed by atoms with Crippen molar-refractivity contribution in [2.75, 3.05) is 12.3 Å². The fraction of sp³-hybridized carbons (Fsp3) is 0.500. The Kier molecular flexibility index (Phi) is 8.26. The number of imidazole rings is 1. The molecule has 3 heterocycles. The van der Waals surface area contributed by atoms with E-state index in [0.717, 1.165) is 0 Å². The Morgan fingerprint density at radius 1 is 1.00 bits per heavy atom. The lowest BCUT2D eigenvalue weighted by molar-refractivity contribution is -0.0511. The van der Waals surface area contributed by atoms with Crippen LogP contribution in [0, 0.1) is 0 Å². The zero-order valence-electron chi connectivity index (χ0n) is 15.4. The van der Waals surface area contributed by atoms with E-state index in [1.807, 2.05) is 0 Å². The van der Waals surface area contributed by atoms with Gasteiger partial charge in [0.15, 0.2) is 17.7 Å². The summed E-state index contributed by atoms with van der Waals surface area (Å²) in [6.45, 7) is -0.390. The number of rotatable bonds is 6. The lowest BCUT2D eigenvalue weighted by atomic mass is 10.1. The molecule has 10 N–H and O–H groups in total. The minimum atomic E-state index is -5.46. The van der Waals surface area contributed by atoms with E-state index in [4.69, 9.17) is 40.0 Å². The average molecular weight is 525 g/mol. The molecular weight excluding hydrogens is 507 g/mol. The van der Waals surface area contributed by atoms with E-state index in [9.17, 15) is 23.9 Å². The first kappa shape index (κ1) is 26.8. The molecule has 1 aliphatic rings. The third-order valence-electron chi connectivity index (χ3n) is 3.60. The molecule has 1 saturated heterocycles. The maximum atomic E-state index is 10.4. The molecule has 32 heavy (non-hydrogen) atoms. The van der Waals surface area contributed by atoms with Crippen molar-refractivity contribution in [3.05, 3.63) is 12.7 Å². The molecule has 19 nitrogen and oxygen atoms in total. The van der Waals surface area contributed by atoms with Crippen LogP contribution in [-0.2, 0) is 27.1 Å². The van der Waals surface area contributed by atoms with Crippen molar-refractivity contribution in [2.24, 2.45) is 0 Å². The van der Waals surface area contributed by atoms with E-state index < -0.39 is 54.6 Å². The Labute approximate surface area is 177 Å². The number of aromatic nitrogens is 4. The molecule has 0 amide bonds. The molecule has 1 aliphatic heterocycles. The molecule has 182 valence electrons. The second kappa shape index (κ2) is 9.84. The number of aliphatic hydroxyl groups is 3. The van der Waals surface area contributed by atoms with Crippen LogP contribution in [0.1, 0.15) is 6.23 Å². The maximum Gasteiger partial charge on any atom is 0.490 e. The van der Waals surface area contributed by atoms with Gasteiger partial charge in [-0.05, 0) is 0 Å². The van der Waals surface area contributed by atoms with Crippen LogP contribution in [-0.4, -0.2) is 84.2 Å². The first-order valence-corrected chi connectivity index (χ1v) is 12.5. The van der Waals surface area contributed by atoms with Crippen LogP contribution in [0.25, 0.3) is 11.2 Å². The summed E-state index contributed by atoms with van der Waals surface area (Å²) >= 11 is 0. The average Bonchev–Trinajstić information content (AvgIpc) is 3.14. The summed E-state index contributed by atoms with van der Waals surface area (Å²) in [5, 5.41) is 28.7. The predicted octanol–water partition coefficient (Wildman–Crippen LogP) is -2.67. The maximum absolute atomic E-state index is 10.4. The predicted molar refractivity (Wildman–Crippen MR) is 98.8 cm³/mol. The van der Waals surface area contributed by atoms with Crippen LogP contribution in [0.4, 0.5) is 5.82 Å². The van der Waals surface area contributed by atoms with Crippen LogP contribution in [0.3, 0.4) is 0 Å². The molecule has 22 heteroatoms. The third kappa shape index (κ3) is 7.05. The van der Waals surface area contributed by atoms with E-state index in [0.29, 0.717) is 11.2 Å². The van der Waals surface area contributed by atoms with Gasteiger partial charge < -0.3 is 50.3 Å². The Morgan fingerprint density at radius 3 is 2.03 bits per heavy atom. The third-order valence-corrected chi connectivity index (χ3v) is 6.95. The van der Waals surface area contributed by atoms with E-state index in [1.54, 1.807) is 0 Å². The number of nitrogens with two attached hydrogens (primary N) is 1. The van der Waals surface area contributed by atoms with Crippen molar-refractivity contribution in [1.82, 2.24) is 19.5 Å². The SMILES string of the molecule is Nc1ncnc2c1ncn2[C@@H]1O[C@H](CO)[C@@H](O)[C@H]1O.O=P(O)(O)OP(=O)(O)OP(=O)(O)O. The highest BCUT2D eigenvalue weighted by molar-refractivity contribution is 7.66. The molecule has 0 aliphatic carbocycles. The summed E-state index contributed by atoms with van der Waals surface area (Å²) in [7, 11) is -16.2. The normalized spacial score (nSPS) is 24.4. The summed E-state index contributed by atoms with van der Waals surface area (Å²) in [4.78, 5) is 52.1. The van der Waals surface area contributed by atoms with Crippen molar-refractivity contribution in [2.45, 2.75) is 24.5 Å². The molecule has 2 aromatic heterocycles. The van der Waals surface area contributed by atoms with Crippen molar-refractivity contribution >= 4 is 40.4 Å². The van der Waals surface area contributed by atoms with Gasteiger partial charge in [0.25, 0.3) is 0 Å². The van der Waals surface area contributed by atoms with Crippen LogP contribution >= 0.6 is 23.5 Å². The zero-order valence-corrected chi connectivity index (χ0v) is 18.1. The van der Waals surface area contributed by atoms with Gasteiger partial charge in [-0.15, -0.1) is 0 Å². The second-order valence-corrected chi connectivity index (χ2v) is 10.1. The van der Waals surface area contributed by atoms with Crippen LogP contribution in [0.2, 0.25) is 0 Å². The van der Waals surface area contributed by atoms with Gasteiger partial charge in [0.05, 0.1) is 12.9 Å². The van der Waals surface area contributed by atoms with E-state index in [-0.39, 0.29) is 5.82 Å². The number of nitrogens with zero attached hydrogens (tertiary/aromatic N) is 4. The number of phosphoric acid groups is 3. The number of aliphatic hydroxyl groups excluding tert-OH is 3. The van der Waals surface area contributed by atoms with Gasteiger partial charge in [-0.2, -0.15) is 8.62 Å². The van der Waals surface area contributed by atoms with Crippen molar-refractivity contribution in [3.63, 3.8) is 0 Å². The fourth-order valence-electron chi connectivity index (χ4n) is 2.45. The standard InChI is InChI=1S/C10H13N5O4.H5O10P3/c11-8-5-9(13-2-12-8)15(3-14-5)10-7(18)6(17)4(1-16)19-10;1-11(2,3)9-13(7,8)10-12(4,5)6/h2-4,6-7,10,16-18H,1H2,(H2,11,12,13);(H,7,8)(H2,1,2,3)(H2,4,5,6)/t4-,6-,7-,10-;/m1./s1. The molecule has 4 atom stereocenters. The van der Waals surface area contributed by atoms with Gasteiger partial charge in [-0.25, -0.2) is 28.6 Å². The van der Waals surface area contributed by atoms with Crippen LogP contribution < -0.4 is 5.73 Å². The smallest absolute Gasteiger partial charge is 0.394 e. The first-order chi connectivity index (χ1) is 14.5. The first-order valence-electron chi connectivity index (χ1n) is 7.96. The molecule has 0 spiro atoms. The summed E-state index contributed by atoms with van der Waals surface area (Å²) < 4.78 is 43.2. The lowest BCUT2D eigenvalue weighted by Gasteiger charge is -2.16. The van der Waals surface area contributed by atoms with E-state index in [2.05, 4.69) is 23.6 Å². The minimum Gasteiger partial charge on any atom is -0.394 e. The molecule has 0 unspecified atom stereocenters. The monoisotopic (exact) mass is 525 g/mol. The quantitative estimate of drug-likeness (QED) is 0.174. The zero-order chi connectivity index (χ0) is 24.5. The van der Waals surface area contributed by atoms with E-state index >= 15 is 0 Å². The number of hydrogen-bond acceptors (Lipinski definition) is 13. The van der Waals surface area contributed by atoms with Crippen LogP contribution in [0.5, 0.6) is 0 Å². The summed E-state index contributed by atoms with van der Waals surface area (Å²) in [5.74, 6) is 0.218. The molecular formula is C10H18N5O14P3. The van der Waals surface area contributed by atoms with Gasteiger partial charge in [-0.3, -0.25) is 4.57 Å². The number of nitrogen functional groups attached to an aromatic ring is 1. The molecule has 2 aromatic rings. The number of hydrogen-bond donors (Lipinski definition) is 9. The Bertz CT molecular complexity index is 1060. The summed E-state index contributed by atoms with van der Waals surface area (Å²) in [5.41, 5.74) is 6.44. The molecule has 0 bridgehead atoms. The van der Waals surface area contributed by atoms with Crippen molar-refractivity contribution in [3.8, 4) is 0 Å². The van der Waals surface area contributed by atoms with Gasteiger partial charge in [0, 0.05) is 0 Å². The number of fused-ring (bicyclic) bond motifs is 1. The summed E-state index contributed by atoms with van der Waals surface area (Å²) in [6.07, 6.45) is -1.42. The van der Waals surface area contributed by atoms with Gasteiger partial charge >= 0.3 is 23.5 Å². The van der Waals surface area contributed by atoms with Gasteiger partial charge in [0.1, 0.15) is 30.2 Å². The van der Waals surface area contributed by atoms with E-state index in [1.165, 1.54) is 17.2 Å². The topological polar surface area (TPSA) is 310 Å². The number of anilines is 1. The Balaban J connectivity index is 0.000000247. The Hall–Kier alpha value is -1.40. The molecule has 0 radical (unpaired) electrons. The minimum absolute atomic E-state index is 0.218. The molecule has 0 aromatic carbocycles. The van der Waals surface area contributed by atoms with Crippen LogP contribution in [0.15, 0.2) is 12.7 Å². The molecule has 1 fully saturated rings. The lowest BCUT2D eigenvalue weighted by Crippen LogP contribution is -2.33. The summed E-state index contributed by atoms with van der Waals surface area (Å²) in [6, 6.07) is 0. The number of ether oxygens (including phenoxy) is 1. The fourth-order valence-corrected chi connectivity index (χ4v) is 4.99. The second-order valence-electron chi connectivity index (χ2n) is 5.92. The molecule has 3 rings (SSSR count). The largest absolute Gasteiger partial charge is 0.490 e. The highest BCUT2D eigenvalue weighted by Gasteiger charge is 2.44. The van der Waals surface area contributed by atoms with Crippen molar-refractivity contribution < 1.29 is 66.8 Å². The highest BCUT2D eigenvalue weighted by Crippen LogP contribution is 2.64.